The monoisotopic (exact) mass is 268 g/mol. The quantitative estimate of drug-likeness (QED) is 0.803. The predicted octanol–water partition coefficient (Wildman–Crippen LogP) is 2.21. The van der Waals surface area contributed by atoms with Gasteiger partial charge in [0.1, 0.15) is 0 Å². The number of hydrogen-bond donors (Lipinski definition) is 2. The minimum absolute atomic E-state index is 0.0371. The number of urea groups is 1. The van der Waals surface area contributed by atoms with Crippen LogP contribution in [0.2, 0.25) is 0 Å². The Balaban J connectivity index is 1.96. The minimum Gasteiger partial charge on any atom is -0.481 e. The largest absolute Gasteiger partial charge is 0.481 e. The minimum atomic E-state index is -0.835. The molecule has 2 rings (SSSR count). The molecule has 0 aromatic heterocycles. The molecule has 5 nitrogen and oxygen atoms in total. The molecule has 3 atom stereocenters. The highest BCUT2D eigenvalue weighted by Crippen LogP contribution is 2.34. The molecule has 1 saturated carbocycles. The van der Waals surface area contributed by atoms with Gasteiger partial charge in [-0.05, 0) is 44.9 Å². The average Bonchev–Trinajstić information content (AvgIpc) is 3.11. The smallest absolute Gasteiger partial charge is 0.318 e. The third-order valence-electron chi connectivity index (χ3n) is 4.39. The van der Waals surface area contributed by atoms with E-state index >= 15 is 0 Å². The van der Waals surface area contributed by atoms with Crippen LogP contribution in [0.4, 0.5) is 4.79 Å². The summed E-state index contributed by atoms with van der Waals surface area (Å²) in [5, 5.41) is 11.9. The molecule has 1 heterocycles. The highest BCUT2D eigenvalue weighted by molar-refractivity contribution is 5.77. The maximum Gasteiger partial charge on any atom is 0.318 e. The molecule has 0 bridgehead atoms. The Morgan fingerprint density at radius 3 is 2.53 bits per heavy atom. The molecule has 108 valence electrons. The number of carbonyl (C=O) groups excluding carboxylic acids is 1. The fourth-order valence-electron chi connectivity index (χ4n) is 3.09. The molecule has 1 saturated heterocycles. The molecule has 3 unspecified atom stereocenters. The molecule has 1 aliphatic carbocycles. The van der Waals surface area contributed by atoms with Crippen LogP contribution in [0.3, 0.4) is 0 Å². The summed E-state index contributed by atoms with van der Waals surface area (Å²) in [6.07, 6.45) is 5.16. The summed E-state index contributed by atoms with van der Waals surface area (Å²) < 4.78 is 0. The maximum absolute atomic E-state index is 12.4. The van der Waals surface area contributed by atoms with Crippen molar-refractivity contribution in [3.63, 3.8) is 0 Å². The number of carbonyl (C=O) groups is 2. The molecule has 2 fully saturated rings. The van der Waals surface area contributed by atoms with Crippen LogP contribution in [0, 0.1) is 5.92 Å². The van der Waals surface area contributed by atoms with E-state index in [-0.39, 0.29) is 24.5 Å². The lowest BCUT2D eigenvalue weighted by atomic mass is 10.1. The fourth-order valence-corrected chi connectivity index (χ4v) is 3.09. The Bertz CT molecular complexity index is 355. The van der Waals surface area contributed by atoms with Gasteiger partial charge in [0, 0.05) is 18.1 Å². The standard InChI is InChI=1S/C14H24N2O3/c1-3-11-7-4-9(2)16(11)14(19)15-12(8-13(17)18)10-5-6-10/h9-12H,3-8H2,1-2H3,(H,15,19)(H,17,18). The van der Waals surface area contributed by atoms with Gasteiger partial charge in [-0.3, -0.25) is 4.79 Å². The highest BCUT2D eigenvalue weighted by Gasteiger charge is 2.38. The van der Waals surface area contributed by atoms with Crippen LogP contribution in [0.25, 0.3) is 0 Å². The van der Waals surface area contributed by atoms with Crippen molar-refractivity contribution < 1.29 is 14.7 Å². The lowest BCUT2D eigenvalue weighted by Gasteiger charge is -2.30. The van der Waals surface area contributed by atoms with Crippen LogP contribution in [-0.4, -0.2) is 40.1 Å². The first-order chi connectivity index (χ1) is 9.02. The molecular weight excluding hydrogens is 244 g/mol. The van der Waals surface area contributed by atoms with Crippen LogP contribution >= 0.6 is 0 Å². The normalized spacial score (nSPS) is 28.2. The van der Waals surface area contributed by atoms with E-state index in [4.69, 9.17) is 5.11 Å². The number of nitrogens with one attached hydrogen (secondary N) is 1. The van der Waals surface area contributed by atoms with Gasteiger partial charge >= 0.3 is 12.0 Å². The number of amides is 2. The van der Waals surface area contributed by atoms with Gasteiger partial charge < -0.3 is 15.3 Å². The molecule has 5 heteroatoms. The van der Waals surface area contributed by atoms with Gasteiger partial charge in [0.05, 0.1) is 6.42 Å². The van der Waals surface area contributed by atoms with E-state index in [0.29, 0.717) is 12.0 Å². The number of carboxylic acid groups (broad SMARTS) is 1. The Hall–Kier alpha value is -1.26. The second-order valence-electron chi connectivity index (χ2n) is 5.89. The second kappa shape index (κ2) is 5.80. The number of rotatable bonds is 5. The molecule has 0 aromatic rings. The summed E-state index contributed by atoms with van der Waals surface area (Å²) in [6, 6.07) is 0.291. The first-order valence-corrected chi connectivity index (χ1v) is 7.33. The molecule has 19 heavy (non-hydrogen) atoms. The summed E-state index contributed by atoms with van der Waals surface area (Å²) >= 11 is 0. The van der Waals surface area contributed by atoms with E-state index in [2.05, 4.69) is 19.2 Å². The summed E-state index contributed by atoms with van der Waals surface area (Å²) in [4.78, 5) is 25.1. The van der Waals surface area contributed by atoms with Crippen molar-refractivity contribution in [3.05, 3.63) is 0 Å². The van der Waals surface area contributed by atoms with Crippen LogP contribution in [0.5, 0.6) is 0 Å². The Morgan fingerprint density at radius 1 is 1.32 bits per heavy atom. The van der Waals surface area contributed by atoms with Crippen molar-refractivity contribution in [3.8, 4) is 0 Å². The lowest BCUT2D eigenvalue weighted by Crippen LogP contribution is -2.50. The molecule has 2 aliphatic rings. The first kappa shape index (κ1) is 14.2. The SMILES string of the molecule is CCC1CCC(C)N1C(=O)NC(CC(=O)O)C1CC1. The van der Waals surface area contributed by atoms with Gasteiger partial charge in [0.15, 0.2) is 0 Å². The summed E-state index contributed by atoms with van der Waals surface area (Å²) in [5.74, 6) is -0.475. The van der Waals surface area contributed by atoms with E-state index in [1.807, 2.05) is 4.90 Å². The Morgan fingerprint density at radius 2 is 2.00 bits per heavy atom. The summed E-state index contributed by atoms with van der Waals surface area (Å²) in [5.41, 5.74) is 0. The number of carboxylic acids is 1. The molecule has 1 aliphatic heterocycles. The number of hydrogen-bond acceptors (Lipinski definition) is 2. The van der Waals surface area contributed by atoms with Crippen molar-refractivity contribution in [2.45, 2.75) is 70.5 Å². The zero-order valence-corrected chi connectivity index (χ0v) is 11.8. The highest BCUT2D eigenvalue weighted by atomic mass is 16.4. The molecule has 0 aromatic carbocycles. The third kappa shape index (κ3) is 3.39. The molecule has 0 radical (unpaired) electrons. The van der Waals surface area contributed by atoms with E-state index in [1.54, 1.807) is 0 Å². The van der Waals surface area contributed by atoms with Gasteiger partial charge in [-0.25, -0.2) is 4.79 Å². The van der Waals surface area contributed by atoms with E-state index < -0.39 is 5.97 Å². The number of nitrogens with zero attached hydrogens (tertiary/aromatic N) is 1. The maximum atomic E-state index is 12.4. The number of likely N-dealkylation sites (tertiary alicyclic amines) is 1. The zero-order valence-electron chi connectivity index (χ0n) is 11.8. The zero-order chi connectivity index (χ0) is 14.0. The summed E-state index contributed by atoms with van der Waals surface area (Å²) in [7, 11) is 0. The van der Waals surface area contributed by atoms with Gasteiger partial charge in [-0.1, -0.05) is 6.92 Å². The van der Waals surface area contributed by atoms with Crippen molar-refractivity contribution in [2.75, 3.05) is 0 Å². The van der Waals surface area contributed by atoms with Gasteiger partial charge in [-0.15, -0.1) is 0 Å². The molecule has 0 spiro atoms. The third-order valence-corrected chi connectivity index (χ3v) is 4.39. The van der Waals surface area contributed by atoms with Crippen LogP contribution < -0.4 is 5.32 Å². The van der Waals surface area contributed by atoms with E-state index in [0.717, 1.165) is 32.1 Å². The first-order valence-electron chi connectivity index (χ1n) is 7.33. The van der Waals surface area contributed by atoms with Crippen molar-refractivity contribution in [1.29, 1.82) is 0 Å². The van der Waals surface area contributed by atoms with E-state index in [9.17, 15) is 9.59 Å². The van der Waals surface area contributed by atoms with Crippen LogP contribution in [0.15, 0.2) is 0 Å². The number of aliphatic carboxylic acids is 1. The van der Waals surface area contributed by atoms with Crippen LogP contribution in [0.1, 0.15) is 52.4 Å². The predicted molar refractivity (Wildman–Crippen MR) is 71.9 cm³/mol. The Kier molecular flexibility index (Phi) is 4.32. The van der Waals surface area contributed by atoms with Crippen LogP contribution in [-0.2, 0) is 4.79 Å². The van der Waals surface area contributed by atoms with Gasteiger partial charge in [-0.2, -0.15) is 0 Å². The Labute approximate surface area is 114 Å². The van der Waals surface area contributed by atoms with Crippen molar-refractivity contribution in [2.24, 2.45) is 5.92 Å². The van der Waals surface area contributed by atoms with Crippen molar-refractivity contribution in [1.82, 2.24) is 10.2 Å². The molecule has 2 N–H and O–H groups in total. The molecular formula is C14H24N2O3. The summed E-state index contributed by atoms with van der Waals surface area (Å²) in [6.45, 7) is 4.16. The fraction of sp³-hybridized carbons (Fsp3) is 0.857. The van der Waals surface area contributed by atoms with Gasteiger partial charge in [0.2, 0.25) is 0 Å². The topological polar surface area (TPSA) is 69.6 Å². The van der Waals surface area contributed by atoms with Gasteiger partial charge in [0.25, 0.3) is 0 Å². The molecule has 2 amide bonds. The lowest BCUT2D eigenvalue weighted by molar-refractivity contribution is -0.137. The average molecular weight is 268 g/mol. The second-order valence-corrected chi connectivity index (χ2v) is 5.89. The van der Waals surface area contributed by atoms with E-state index in [1.165, 1.54) is 0 Å². The van der Waals surface area contributed by atoms with Crippen molar-refractivity contribution >= 4 is 12.0 Å².